The number of sulfone groups is 1. The van der Waals surface area contributed by atoms with Gasteiger partial charge in [0.05, 0.1) is 4.90 Å². The molecule has 0 unspecified atom stereocenters. The summed E-state index contributed by atoms with van der Waals surface area (Å²) in [6, 6.07) is 14.0. The molecular weight excluding hydrogens is 408 g/mol. The van der Waals surface area contributed by atoms with Gasteiger partial charge in [-0.1, -0.05) is 42.6 Å². The van der Waals surface area contributed by atoms with Crippen LogP contribution in [0.5, 0.6) is 0 Å². The lowest BCUT2D eigenvalue weighted by Gasteiger charge is -2.27. The van der Waals surface area contributed by atoms with Crippen molar-refractivity contribution >= 4 is 38.2 Å². The molecule has 5 nitrogen and oxygen atoms in total. The molecule has 7 heteroatoms. The third kappa shape index (κ3) is 3.55. The van der Waals surface area contributed by atoms with Crippen molar-refractivity contribution in [2.45, 2.75) is 41.7 Å². The van der Waals surface area contributed by atoms with Gasteiger partial charge in [0.2, 0.25) is 5.91 Å². The number of H-pyrrole nitrogens is 1. The molecule has 1 amide bonds. The van der Waals surface area contributed by atoms with Crippen molar-refractivity contribution in [2.24, 2.45) is 0 Å². The molecule has 1 aliphatic carbocycles. The first kappa shape index (κ1) is 20.0. The van der Waals surface area contributed by atoms with Crippen LogP contribution in [0.4, 0.5) is 0 Å². The first-order valence-corrected chi connectivity index (χ1v) is 11.6. The predicted molar refractivity (Wildman–Crippen MR) is 115 cm³/mol. The van der Waals surface area contributed by atoms with Crippen LogP contribution in [0, 0.1) is 0 Å². The molecule has 4 rings (SSSR count). The van der Waals surface area contributed by atoms with Gasteiger partial charge in [0.25, 0.3) is 0 Å². The number of aromatic nitrogens is 1. The molecule has 1 fully saturated rings. The molecule has 152 valence electrons. The summed E-state index contributed by atoms with van der Waals surface area (Å²) in [6.45, 7) is 0.387. The second kappa shape index (κ2) is 7.84. The van der Waals surface area contributed by atoms with Gasteiger partial charge in [-0.2, -0.15) is 0 Å². The molecule has 0 bridgehead atoms. The first-order chi connectivity index (χ1) is 13.9. The van der Waals surface area contributed by atoms with Gasteiger partial charge in [-0.25, -0.2) is 8.42 Å². The maximum absolute atomic E-state index is 13.4. The van der Waals surface area contributed by atoms with Gasteiger partial charge in [-0.05, 0) is 55.2 Å². The molecule has 1 aliphatic rings. The van der Waals surface area contributed by atoms with E-state index in [-0.39, 0.29) is 4.90 Å². The zero-order chi connectivity index (χ0) is 20.5. The highest BCUT2D eigenvalue weighted by Gasteiger charge is 2.52. The molecule has 1 aromatic heterocycles. The molecule has 0 saturated heterocycles. The van der Waals surface area contributed by atoms with Crippen LogP contribution < -0.4 is 5.32 Å². The van der Waals surface area contributed by atoms with E-state index in [1.807, 2.05) is 30.5 Å². The highest BCUT2D eigenvalue weighted by molar-refractivity contribution is 7.93. The smallest absolute Gasteiger partial charge is 0.241 e. The Morgan fingerprint density at radius 3 is 2.48 bits per heavy atom. The summed E-state index contributed by atoms with van der Waals surface area (Å²) in [5.74, 6) is -0.398. The number of rotatable bonds is 6. The van der Waals surface area contributed by atoms with Crippen LogP contribution in [0.3, 0.4) is 0 Å². The fourth-order valence-electron chi connectivity index (χ4n) is 4.21. The van der Waals surface area contributed by atoms with Crippen molar-refractivity contribution in [2.75, 3.05) is 6.54 Å². The van der Waals surface area contributed by atoms with Crippen molar-refractivity contribution in [1.82, 2.24) is 10.3 Å². The van der Waals surface area contributed by atoms with Gasteiger partial charge in [0.15, 0.2) is 14.6 Å². The number of benzene rings is 2. The Kier molecular flexibility index (Phi) is 5.40. The van der Waals surface area contributed by atoms with E-state index < -0.39 is 20.5 Å². The quantitative estimate of drug-likeness (QED) is 0.613. The van der Waals surface area contributed by atoms with Gasteiger partial charge in [-0.3, -0.25) is 4.79 Å². The Balaban J connectivity index is 1.52. The summed E-state index contributed by atoms with van der Waals surface area (Å²) in [7, 11) is -3.81. The Bertz CT molecular complexity index is 1130. The lowest BCUT2D eigenvalue weighted by atomic mass is 10.1. The van der Waals surface area contributed by atoms with E-state index in [1.165, 1.54) is 12.1 Å². The fraction of sp³-hybridized carbons (Fsp3) is 0.318. The number of hydrogen-bond acceptors (Lipinski definition) is 3. The number of nitrogens with one attached hydrogen (secondary N) is 2. The van der Waals surface area contributed by atoms with Crippen molar-refractivity contribution in [1.29, 1.82) is 0 Å². The zero-order valence-corrected chi connectivity index (χ0v) is 17.5. The normalized spacial score (nSPS) is 16.2. The van der Waals surface area contributed by atoms with Crippen molar-refractivity contribution in [3.63, 3.8) is 0 Å². The lowest BCUT2D eigenvalue weighted by Crippen LogP contribution is -2.51. The van der Waals surface area contributed by atoms with Crippen LogP contribution in [0.25, 0.3) is 10.9 Å². The zero-order valence-electron chi connectivity index (χ0n) is 15.9. The van der Waals surface area contributed by atoms with Crippen LogP contribution in [-0.2, 0) is 21.1 Å². The van der Waals surface area contributed by atoms with E-state index >= 15 is 0 Å². The Hall–Kier alpha value is -2.31. The number of halogens is 1. The number of hydrogen-bond donors (Lipinski definition) is 2. The van der Waals surface area contributed by atoms with E-state index in [9.17, 15) is 13.2 Å². The van der Waals surface area contributed by atoms with E-state index in [2.05, 4.69) is 10.3 Å². The Labute approximate surface area is 175 Å². The summed E-state index contributed by atoms with van der Waals surface area (Å²) in [4.78, 5) is 16.5. The first-order valence-electron chi connectivity index (χ1n) is 9.77. The molecule has 29 heavy (non-hydrogen) atoms. The highest BCUT2D eigenvalue weighted by Crippen LogP contribution is 2.41. The van der Waals surface area contributed by atoms with Gasteiger partial charge in [0.1, 0.15) is 0 Å². The topological polar surface area (TPSA) is 79.0 Å². The number of carbonyl (C=O) groups excluding carboxylic acids is 1. The minimum absolute atomic E-state index is 0.149. The standard InChI is InChI=1S/C22H23ClN2O3S/c23-17-7-9-18(10-8-17)29(27,28)22(12-3-4-13-22)21(26)24-14-11-16-15-25-20-6-2-1-5-19(16)20/h1-2,5-10,15,25H,3-4,11-14H2,(H,24,26). The van der Waals surface area contributed by atoms with E-state index in [4.69, 9.17) is 11.6 Å². The van der Waals surface area contributed by atoms with Crippen LogP contribution in [0.2, 0.25) is 5.02 Å². The average molecular weight is 431 g/mol. The van der Waals surface area contributed by atoms with E-state index in [1.54, 1.807) is 12.1 Å². The molecule has 3 aromatic rings. The summed E-state index contributed by atoms with van der Waals surface area (Å²) in [5, 5.41) is 4.48. The molecule has 0 aliphatic heterocycles. The molecule has 2 aromatic carbocycles. The molecule has 1 saturated carbocycles. The fourth-order valence-corrected chi connectivity index (χ4v) is 6.43. The lowest BCUT2D eigenvalue weighted by molar-refractivity contribution is -0.123. The van der Waals surface area contributed by atoms with Crippen molar-refractivity contribution in [3.05, 3.63) is 65.3 Å². The second-order valence-electron chi connectivity index (χ2n) is 7.52. The Morgan fingerprint density at radius 1 is 1.07 bits per heavy atom. The molecule has 0 radical (unpaired) electrons. The minimum atomic E-state index is -3.81. The van der Waals surface area contributed by atoms with Crippen LogP contribution in [0.15, 0.2) is 59.6 Å². The summed E-state index contributed by atoms with van der Waals surface area (Å²) < 4.78 is 25.3. The molecule has 2 N–H and O–H groups in total. The van der Waals surface area contributed by atoms with Gasteiger partial charge in [0, 0.05) is 28.7 Å². The number of aromatic amines is 1. The van der Waals surface area contributed by atoms with Gasteiger partial charge in [-0.15, -0.1) is 0 Å². The Morgan fingerprint density at radius 2 is 1.76 bits per heavy atom. The van der Waals surface area contributed by atoms with Gasteiger partial charge >= 0.3 is 0 Å². The molecular formula is C22H23ClN2O3S. The third-order valence-electron chi connectivity index (χ3n) is 5.82. The minimum Gasteiger partial charge on any atom is -0.361 e. The summed E-state index contributed by atoms with van der Waals surface area (Å²) >= 11 is 5.90. The van der Waals surface area contributed by atoms with Gasteiger partial charge < -0.3 is 10.3 Å². The molecule has 0 atom stereocenters. The number of carbonyl (C=O) groups is 1. The van der Waals surface area contributed by atoms with Crippen LogP contribution >= 0.6 is 11.6 Å². The maximum Gasteiger partial charge on any atom is 0.241 e. The second-order valence-corrected chi connectivity index (χ2v) is 10.2. The predicted octanol–water partition coefficient (Wildman–Crippen LogP) is 4.27. The number of amides is 1. The average Bonchev–Trinajstić information content (AvgIpc) is 3.37. The largest absolute Gasteiger partial charge is 0.361 e. The third-order valence-corrected chi connectivity index (χ3v) is 8.59. The van der Waals surface area contributed by atoms with Crippen molar-refractivity contribution in [3.8, 4) is 0 Å². The van der Waals surface area contributed by atoms with Crippen molar-refractivity contribution < 1.29 is 13.2 Å². The summed E-state index contributed by atoms with van der Waals surface area (Å²) in [6.07, 6.45) is 4.71. The summed E-state index contributed by atoms with van der Waals surface area (Å²) in [5.41, 5.74) is 2.15. The maximum atomic E-state index is 13.4. The van der Waals surface area contributed by atoms with Crippen LogP contribution in [0.1, 0.15) is 31.2 Å². The van der Waals surface area contributed by atoms with Crippen LogP contribution in [-0.4, -0.2) is 30.6 Å². The number of para-hydroxylation sites is 1. The SMILES string of the molecule is O=C(NCCc1c[nH]c2ccccc12)C1(S(=O)(=O)c2ccc(Cl)cc2)CCCC1. The molecule has 1 heterocycles. The number of fused-ring (bicyclic) bond motifs is 1. The molecule has 0 spiro atoms. The monoisotopic (exact) mass is 430 g/mol. The van der Waals surface area contributed by atoms with E-state index in [0.717, 1.165) is 29.3 Å². The van der Waals surface area contributed by atoms with E-state index in [0.29, 0.717) is 30.8 Å². The highest BCUT2D eigenvalue weighted by atomic mass is 35.5.